The molecular formula is C15H11BrFNS2. The van der Waals surface area contributed by atoms with E-state index >= 15 is 0 Å². The van der Waals surface area contributed by atoms with Crippen molar-refractivity contribution < 1.29 is 4.39 Å². The number of halogens is 2. The van der Waals surface area contributed by atoms with Crippen LogP contribution in [0.25, 0.3) is 0 Å². The Labute approximate surface area is 133 Å². The quantitative estimate of drug-likeness (QED) is 0.603. The summed E-state index contributed by atoms with van der Waals surface area (Å²) in [5, 5.41) is 7.61. The average Bonchev–Trinajstić information content (AvgIpc) is 3.12. The molecular weight excluding hydrogens is 357 g/mol. The zero-order valence-electron chi connectivity index (χ0n) is 10.3. The van der Waals surface area contributed by atoms with Crippen molar-refractivity contribution in [3.05, 3.63) is 73.3 Å². The molecule has 1 nitrogen and oxygen atoms in total. The first-order valence-electron chi connectivity index (χ1n) is 6.02. The molecule has 2 aromatic heterocycles. The molecule has 0 fully saturated rings. The SMILES string of the molecule is Fc1ccc(NC(c2cccs2)c2cccs2)cc1Br. The summed E-state index contributed by atoms with van der Waals surface area (Å²) in [5.41, 5.74) is 0.894. The molecule has 3 rings (SSSR count). The molecule has 0 unspecified atom stereocenters. The molecule has 0 bridgehead atoms. The minimum atomic E-state index is -0.251. The van der Waals surface area contributed by atoms with Gasteiger partial charge in [0.1, 0.15) is 5.82 Å². The van der Waals surface area contributed by atoms with E-state index in [1.807, 2.05) is 12.1 Å². The van der Waals surface area contributed by atoms with Crippen LogP contribution in [-0.4, -0.2) is 0 Å². The van der Waals surface area contributed by atoms with Crippen molar-refractivity contribution in [3.63, 3.8) is 0 Å². The highest BCUT2D eigenvalue weighted by molar-refractivity contribution is 9.10. The Hall–Kier alpha value is -1.17. The standard InChI is InChI=1S/C15H11BrFNS2/c16-11-9-10(5-6-12(11)17)18-15(13-3-1-7-19-13)14-4-2-8-20-14/h1-9,15,18H. The monoisotopic (exact) mass is 367 g/mol. The molecule has 0 aliphatic heterocycles. The number of hydrogen-bond donors (Lipinski definition) is 1. The third kappa shape index (κ3) is 2.95. The van der Waals surface area contributed by atoms with Crippen molar-refractivity contribution in [2.75, 3.05) is 5.32 Å². The van der Waals surface area contributed by atoms with Gasteiger partial charge in [-0.1, -0.05) is 12.1 Å². The molecule has 0 amide bonds. The number of benzene rings is 1. The van der Waals surface area contributed by atoms with E-state index in [9.17, 15) is 4.39 Å². The van der Waals surface area contributed by atoms with E-state index < -0.39 is 0 Å². The number of thiophene rings is 2. The van der Waals surface area contributed by atoms with Gasteiger partial charge in [0.2, 0.25) is 0 Å². The van der Waals surface area contributed by atoms with Gasteiger partial charge in [0.25, 0.3) is 0 Å². The summed E-state index contributed by atoms with van der Waals surface area (Å²) in [6.45, 7) is 0. The Morgan fingerprint density at radius 2 is 1.65 bits per heavy atom. The van der Waals surface area contributed by atoms with Gasteiger partial charge in [-0.2, -0.15) is 0 Å². The van der Waals surface area contributed by atoms with Crippen molar-refractivity contribution in [2.45, 2.75) is 6.04 Å². The maximum absolute atomic E-state index is 13.3. The van der Waals surface area contributed by atoms with E-state index in [4.69, 9.17) is 0 Å². The van der Waals surface area contributed by atoms with Crippen molar-refractivity contribution >= 4 is 44.3 Å². The fraction of sp³-hybridized carbons (Fsp3) is 0.0667. The normalized spacial score (nSPS) is 10.9. The maximum atomic E-state index is 13.3. The van der Waals surface area contributed by atoms with Crippen LogP contribution in [-0.2, 0) is 0 Å². The Morgan fingerprint density at radius 3 is 2.15 bits per heavy atom. The van der Waals surface area contributed by atoms with Gasteiger partial charge in [-0.25, -0.2) is 4.39 Å². The minimum Gasteiger partial charge on any atom is -0.373 e. The molecule has 0 aliphatic rings. The Morgan fingerprint density at radius 1 is 1.00 bits per heavy atom. The molecule has 0 spiro atoms. The number of rotatable bonds is 4. The number of nitrogens with one attached hydrogen (secondary N) is 1. The van der Waals surface area contributed by atoms with Gasteiger partial charge in [-0.05, 0) is 57.0 Å². The summed E-state index contributed by atoms with van der Waals surface area (Å²) >= 11 is 6.65. The predicted molar refractivity (Wildman–Crippen MR) is 88.2 cm³/mol. The van der Waals surface area contributed by atoms with Gasteiger partial charge in [0.05, 0.1) is 10.5 Å². The van der Waals surface area contributed by atoms with E-state index in [-0.39, 0.29) is 11.9 Å². The first-order chi connectivity index (χ1) is 9.74. The molecule has 0 radical (unpaired) electrons. The van der Waals surface area contributed by atoms with Crippen molar-refractivity contribution in [2.24, 2.45) is 0 Å². The molecule has 1 aromatic carbocycles. The number of anilines is 1. The number of hydrogen-bond acceptors (Lipinski definition) is 3. The lowest BCUT2D eigenvalue weighted by Crippen LogP contribution is -2.09. The first kappa shape index (κ1) is 13.8. The van der Waals surface area contributed by atoms with E-state index in [1.165, 1.54) is 15.8 Å². The third-order valence-electron chi connectivity index (χ3n) is 2.89. The highest BCUT2D eigenvalue weighted by Gasteiger charge is 2.16. The Balaban J connectivity index is 1.92. The molecule has 0 aliphatic carbocycles. The molecule has 0 saturated heterocycles. The maximum Gasteiger partial charge on any atom is 0.137 e. The summed E-state index contributed by atoms with van der Waals surface area (Å²) in [7, 11) is 0. The van der Waals surface area contributed by atoms with Crippen molar-refractivity contribution in [3.8, 4) is 0 Å². The fourth-order valence-corrected chi connectivity index (χ4v) is 3.99. The smallest absolute Gasteiger partial charge is 0.137 e. The second-order valence-electron chi connectivity index (χ2n) is 4.24. The fourth-order valence-electron chi connectivity index (χ4n) is 1.95. The van der Waals surface area contributed by atoms with Crippen LogP contribution < -0.4 is 5.32 Å². The average molecular weight is 368 g/mol. The zero-order valence-corrected chi connectivity index (χ0v) is 13.6. The molecule has 20 heavy (non-hydrogen) atoms. The third-order valence-corrected chi connectivity index (χ3v) is 5.37. The molecule has 5 heteroatoms. The lowest BCUT2D eigenvalue weighted by molar-refractivity contribution is 0.621. The molecule has 2 heterocycles. The van der Waals surface area contributed by atoms with Crippen LogP contribution in [0.1, 0.15) is 15.8 Å². The molecule has 1 N–H and O–H groups in total. The summed E-state index contributed by atoms with van der Waals surface area (Å²) < 4.78 is 13.8. The van der Waals surface area contributed by atoms with Crippen LogP contribution in [0.15, 0.2) is 57.7 Å². The molecule has 102 valence electrons. The van der Waals surface area contributed by atoms with Gasteiger partial charge in [0, 0.05) is 15.4 Å². The van der Waals surface area contributed by atoms with Crippen LogP contribution in [0.3, 0.4) is 0 Å². The minimum absolute atomic E-state index is 0.104. The van der Waals surface area contributed by atoms with Crippen molar-refractivity contribution in [1.29, 1.82) is 0 Å². The van der Waals surface area contributed by atoms with Crippen LogP contribution in [0.2, 0.25) is 0 Å². The van der Waals surface area contributed by atoms with Gasteiger partial charge in [-0.3, -0.25) is 0 Å². The van der Waals surface area contributed by atoms with Crippen LogP contribution in [0, 0.1) is 5.82 Å². The van der Waals surface area contributed by atoms with Gasteiger partial charge >= 0.3 is 0 Å². The Bertz CT molecular complexity index is 646. The lowest BCUT2D eigenvalue weighted by atomic mass is 10.2. The molecule has 0 atom stereocenters. The first-order valence-corrected chi connectivity index (χ1v) is 8.57. The van der Waals surface area contributed by atoms with E-state index in [0.29, 0.717) is 4.47 Å². The second-order valence-corrected chi connectivity index (χ2v) is 7.05. The van der Waals surface area contributed by atoms with E-state index in [0.717, 1.165) is 5.69 Å². The lowest BCUT2D eigenvalue weighted by Gasteiger charge is -2.18. The topological polar surface area (TPSA) is 12.0 Å². The zero-order chi connectivity index (χ0) is 13.9. The summed E-state index contributed by atoms with van der Waals surface area (Å²) in [5.74, 6) is -0.251. The van der Waals surface area contributed by atoms with Gasteiger partial charge in [0.15, 0.2) is 0 Å². The largest absolute Gasteiger partial charge is 0.373 e. The van der Waals surface area contributed by atoms with E-state index in [1.54, 1.807) is 34.8 Å². The summed E-state index contributed by atoms with van der Waals surface area (Å²) in [4.78, 5) is 2.49. The van der Waals surface area contributed by atoms with Crippen LogP contribution >= 0.6 is 38.6 Å². The predicted octanol–water partition coefficient (Wildman–Crippen LogP) is 5.91. The Kier molecular flexibility index (Phi) is 4.19. The van der Waals surface area contributed by atoms with E-state index in [2.05, 4.69) is 44.1 Å². The van der Waals surface area contributed by atoms with Gasteiger partial charge in [-0.15, -0.1) is 22.7 Å². The molecule has 3 aromatic rings. The van der Waals surface area contributed by atoms with Crippen molar-refractivity contribution in [1.82, 2.24) is 0 Å². The summed E-state index contributed by atoms with van der Waals surface area (Å²) in [6, 6.07) is 13.4. The molecule has 0 saturated carbocycles. The van der Waals surface area contributed by atoms with Crippen LogP contribution in [0.4, 0.5) is 10.1 Å². The van der Waals surface area contributed by atoms with Gasteiger partial charge < -0.3 is 5.32 Å². The summed E-state index contributed by atoms with van der Waals surface area (Å²) in [6.07, 6.45) is 0. The highest BCUT2D eigenvalue weighted by Crippen LogP contribution is 2.33. The second kappa shape index (κ2) is 6.08. The highest BCUT2D eigenvalue weighted by atomic mass is 79.9. The van der Waals surface area contributed by atoms with Crippen LogP contribution in [0.5, 0.6) is 0 Å².